The maximum Gasteiger partial charge on any atom is 0.329 e. The van der Waals surface area contributed by atoms with Gasteiger partial charge >= 0.3 is 5.97 Å². The molecule has 1 aromatic heterocycles. The lowest BCUT2D eigenvalue weighted by Crippen LogP contribution is -2.43. The quantitative estimate of drug-likeness (QED) is 0.834. The van der Waals surface area contributed by atoms with Crippen molar-refractivity contribution in [2.24, 2.45) is 0 Å². The van der Waals surface area contributed by atoms with Crippen molar-refractivity contribution in [2.75, 3.05) is 6.54 Å². The Morgan fingerprint density at radius 3 is 2.62 bits per heavy atom. The topological polar surface area (TPSA) is 79.5 Å². The fourth-order valence-corrected chi connectivity index (χ4v) is 2.33. The van der Waals surface area contributed by atoms with Gasteiger partial charge in [0.25, 0.3) is 5.91 Å². The van der Waals surface area contributed by atoms with Crippen molar-refractivity contribution in [3.05, 3.63) is 34.2 Å². The minimum atomic E-state index is -0.577. The van der Waals surface area contributed by atoms with Crippen molar-refractivity contribution < 1.29 is 14.3 Å². The number of pyridine rings is 1. The molecule has 2 heterocycles. The molecule has 21 heavy (non-hydrogen) atoms. The van der Waals surface area contributed by atoms with Gasteiger partial charge in [0.2, 0.25) is 5.56 Å². The summed E-state index contributed by atoms with van der Waals surface area (Å²) in [6, 6.07) is 2.21. The molecule has 0 radical (unpaired) electrons. The molecule has 0 unspecified atom stereocenters. The number of nitrogens with one attached hydrogen (secondary N) is 1. The largest absolute Gasteiger partial charge is 0.458 e. The number of ether oxygens (including phenoxy) is 1. The standard InChI is InChI=1S/C15H20N2O4/c1-15(2,3)21-14(20)11-5-4-8-17(11)13(19)10-6-7-12(18)16-9-10/h6-7,9,11H,4-5,8H2,1-3H3,(H,16,18)/t11-/m1/s1. The summed E-state index contributed by atoms with van der Waals surface area (Å²) in [7, 11) is 0. The highest BCUT2D eigenvalue weighted by atomic mass is 16.6. The Bertz CT molecular complexity index is 580. The van der Waals surface area contributed by atoms with Crippen LogP contribution in [-0.4, -0.2) is 39.9 Å². The SMILES string of the molecule is CC(C)(C)OC(=O)[C@H]1CCCN1C(=O)c1ccc(=O)[nH]c1. The smallest absolute Gasteiger partial charge is 0.329 e. The fraction of sp³-hybridized carbons (Fsp3) is 0.533. The normalized spacial score (nSPS) is 18.6. The predicted octanol–water partition coefficient (Wildman–Crippen LogP) is 1.32. The molecule has 114 valence electrons. The third-order valence-corrected chi connectivity index (χ3v) is 3.22. The predicted molar refractivity (Wildman–Crippen MR) is 77.0 cm³/mol. The van der Waals surface area contributed by atoms with Crippen molar-refractivity contribution in [3.63, 3.8) is 0 Å². The second-order valence-electron chi connectivity index (χ2n) is 6.13. The van der Waals surface area contributed by atoms with E-state index in [1.807, 2.05) is 0 Å². The number of hydrogen-bond donors (Lipinski definition) is 1. The molecule has 1 N–H and O–H groups in total. The number of carbonyl (C=O) groups excluding carboxylic acids is 2. The number of amides is 1. The number of hydrogen-bond acceptors (Lipinski definition) is 4. The zero-order chi connectivity index (χ0) is 15.6. The number of esters is 1. The molecule has 0 aromatic carbocycles. The van der Waals surface area contributed by atoms with E-state index < -0.39 is 11.6 Å². The third kappa shape index (κ3) is 3.71. The summed E-state index contributed by atoms with van der Waals surface area (Å²) in [5, 5.41) is 0. The van der Waals surface area contributed by atoms with Crippen LogP contribution in [0.3, 0.4) is 0 Å². The van der Waals surface area contributed by atoms with Gasteiger partial charge in [-0.1, -0.05) is 0 Å². The van der Waals surface area contributed by atoms with E-state index in [1.54, 1.807) is 20.8 Å². The van der Waals surface area contributed by atoms with E-state index in [9.17, 15) is 14.4 Å². The van der Waals surface area contributed by atoms with E-state index >= 15 is 0 Å². The van der Waals surface area contributed by atoms with E-state index in [0.717, 1.165) is 6.42 Å². The van der Waals surface area contributed by atoms with Crippen LogP contribution in [0.4, 0.5) is 0 Å². The average molecular weight is 292 g/mol. The molecule has 1 atom stereocenters. The Morgan fingerprint density at radius 1 is 1.33 bits per heavy atom. The monoisotopic (exact) mass is 292 g/mol. The molecule has 1 saturated heterocycles. The first-order valence-electron chi connectivity index (χ1n) is 7.00. The van der Waals surface area contributed by atoms with E-state index in [0.29, 0.717) is 18.5 Å². The van der Waals surface area contributed by atoms with Crippen molar-refractivity contribution >= 4 is 11.9 Å². The van der Waals surface area contributed by atoms with Crippen LogP contribution in [0.1, 0.15) is 44.0 Å². The first-order valence-corrected chi connectivity index (χ1v) is 7.00. The van der Waals surface area contributed by atoms with Crippen molar-refractivity contribution in [3.8, 4) is 0 Å². The van der Waals surface area contributed by atoms with Gasteiger partial charge < -0.3 is 14.6 Å². The van der Waals surface area contributed by atoms with Crippen LogP contribution < -0.4 is 5.56 Å². The van der Waals surface area contributed by atoms with Crippen LogP contribution in [0.5, 0.6) is 0 Å². The van der Waals surface area contributed by atoms with Crippen molar-refractivity contribution in [1.29, 1.82) is 0 Å². The van der Waals surface area contributed by atoms with Crippen LogP contribution in [-0.2, 0) is 9.53 Å². The maximum atomic E-state index is 12.4. The second kappa shape index (κ2) is 5.71. The van der Waals surface area contributed by atoms with Crippen LogP contribution >= 0.6 is 0 Å². The molecule has 0 aliphatic carbocycles. The highest BCUT2D eigenvalue weighted by Crippen LogP contribution is 2.22. The summed E-state index contributed by atoms with van der Waals surface area (Å²) < 4.78 is 5.37. The van der Waals surface area contributed by atoms with E-state index in [2.05, 4.69) is 4.98 Å². The average Bonchev–Trinajstić information content (AvgIpc) is 2.86. The van der Waals surface area contributed by atoms with Gasteiger partial charge in [0.05, 0.1) is 5.56 Å². The van der Waals surface area contributed by atoms with Crippen LogP contribution in [0, 0.1) is 0 Å². The molecule has 1 aliphatic rings. The summed E-state index contributed by atoms with van der Waals surface area (Å²) in [5.41, 5.74) is -0.478. The fourth-order valence-electron chi connectivity index (χ4n) is 2.33. The van der Waals surface area contributed by atoms with Gasteiger partial charge in [-0.2, -0.15) is 0 Å². The number of H-pyrrole nitrogens is 1. The molecule has 6 nitrogen and oxygen atoms in total. The van der Waals surface area contributed by atoms with Gasteiger partial charge in [0, 0.05) is 18.8 Å². The number of nitrogens with zero attached hydrogens (tertiary/aromatic N) is 1. The molecule has 6 heteroatoms. The van der Waals surface area contributed by atoms with Crippen LogP contribution in [0.25, 0.3) is 0 Å². The zero-order valence-corrected chi connectivity index (χ0v) is 12.5. The summed E-state index contributed by atoms with van der Waals surface area (Å²) in [5.74, 6) is -0.641. The van der Waals surface area contributed by atoms with Gasteiger partial charge in [0.1, 0.15) is 11.6 Å². The summed E-state index contributed by atoms with van der Waals surface area (Å²) in [4.78, 5) is 39.6. The Balaban J connectivity index is 2.14. The van der Waals surface area contributed by atoms with Gasteiger partial charge in [-0.3, -0.25) is 9.59 Å². The molecular formula is C15H20N2O4. The summed E-state index contributed by atoms with van der Waals surface area (Å²) in [6.07, 6.45) is 2.73. The Hall–Kier alpha value is -2.11. The highest BCUT2D eigenvalue weighted by molar-refractivity contribution is 5.96. The second-order valence-corrected chi connectivity index (χ2v) is 6.13. The molecular weight excluding hydrogens is 272 g/mol. The van der Waals surface area contributed by atoms with E-state index in [-0.39, 0.29) is 17.4 Å². The van der Waals surface area contributed by atoms with Crippen LogP contribution in [0.2, 0.25) is 0 Å². The lowest BCUT2D eigenvalue weighted by Gasteiger charge is -2.27. The van der Waals surface area contributed by atoms with E-state index in [4.69, 9.17) is 4.74 Å². The molecule has 1 aromatic rings. The lowest BCUT2D eigenvalue weighted by atomic mass is 10.1. The molecule has 0 saturated carbocycles. The van der Waals surface area contributed by atoms with Crippen molar-refractivity contribution in [1.82, 2.24) is 9.88 Å². The first-order chi connectivity index (χ1) is 9.78. The summed E-state index contributed by atoms with van der Waals surface area (Å²) >= 11 is 0. The van der Waals surface area contributed by atoms with E-state index in [1.165, 1.54) is 23.2 Å². The number of aromatic nitrogens is 1. The maximum absolute atomic E-state index is 12.4. The van der Waals surface area contributed by atoms with Gasteiger partial charge in [-0.05, 0) is 39.7 Å². The molecule has 1 aliphatic heterocycles. The van der Waals surface area contributed by atoms with Crippen molar-refractivity contribution in [2.45, 2.75) is 45.3 Å². The minimum absolute atomic E-state index is 0.264. The third-order valence-electron chi connectivity index (χ3n) is 3.22. The molecule has 1 fully saturated rings. The Kier molecular flexibility index (Phi) is 4.16. The highest BCUT2D eigenvalue weighted by Gasteiger charge is 2.37. The first kappa shape index (κ1) is 15.3. The van der Waals surface area contributed by atoms with Crippen LogP contribution in [0.15, 0.2) is 23.1 Å². The Morgan fingerprint density at radius 2 is 2.05 bits per heavy atom. The van der Waals surface area contributed by atoms with Gasteiger partial charge in [-0.25, -0.2) is 4.79 Å². The molecule has 0 spiro atoms. The van der Waals surface area contributed by atoms with Gasteiger partial charge in [0.15, 0.2) is 0 Å². The number of carbonyl (C=O) groups is 2. The number of likely N-dealkylation sites (tertiary alicyclic amines) is 1. The Labute approximate surface area is 123 Å². The minimum Gasteiger partial charge on any atom is -0.458 e. The zero-order valence-electron chi connectivity index (χ0n) is 12.5. The molecule has 0 bridgehead atoms. The number of rotatable bonds is 2. The molecule has 1 amide bonds. The lowest BCUT2D eigenvalue weighted by molar-refractivity contribution is -0.159. The summed E-state index contributed by atoms with van der Waals surface area (Å²) in [6.45, 7) is 5.91. The molecule has 2 rings (SSSR count). The van der Waals surface area contributed by atoms with Gasteiger partial charge in [-0.15, -0.1) is 0 Å². The number of aromatic amines is 1.